The topological polar surface area (TPSA) is 44.4 Å². The SMILES string of the molecule is CCC(=O)Nc1cccc(NCC2CCCCN2C)c1. The van der Waals surface area contributed by atoms with Gasteiger partial charge in [0.2, 0.25) is 5.91 Å². The predicted octanol–water partition coefficient (Wildman–Crippen LogP) is 2.93. The van der Waals surface area contributed by atoms with Crippen LogP contribution in [0.25, 0.3) is 0 Å². The zero-order valence-electron chi connectivity index (χ0n) is 12.5. The molecule has 0 bridgehead atoms. The van der Waals surface area contributed by atoms with Crippen molar-refractivity contribution < 1.29 is 4.79 Å². The van der Waals surface area contributed by atoms with Gasteiger partial charge < -0.3 is 15.5 Å². The number of piperidine rings is 1. The Bertz CT molecular complexity index is 447. The Hall–Kier alpha value is -1.55. The fourth-order valence-electron chi connectivity index (χ4n) is 2.59. The van der Waals surface area contributed by atoms with Gasteiger partial charge >= 0.3 is 0 Å². The number of carbonyl (C=O) groups is 1. The molecule has 2 rings (SSSR count). The second-order valence-electron chi connectivity index (χ2n) is 5.49. The first kappa shape index (κ1) is 14.9. The van der Waals surface area contributed by atoms with E-state index in [1.165, 1.54) is 25.8 Å². The maximum absolute atomic E-state index is 11.4. The van der Waals surface area contributed by atoms with Crippen LogP contribution in [0.1, 0.15) is 32.6 Å². The number of nitrogens with zero attached hydrogens (tertiary/aromatic N) is 1. The van der Waals surface area contributed by atoms with Crippen molar-refractivity contribution in [2.45, 2.75) is 38.6 Å². The van der Waals surface area contributed by atoms with Crippen LogP contribution in [-0.2, 0) is 4.79 Å². The molecule has 2 N–H and O–H groups in total. The average molecular weight is 275 g/mol. The molecule has 1 amide bonds. The van der Waals surface area contributed by atoms with Crippen molar-refractivity contribution in [3.05, 3.63) is 24.3 Å². The second kappa shape index (κ2) is 7.29. The summed E-state index contributed by atoms with van der Waals surface area (Å²) in [4.78, 5) is 13.8. The summed E-state index contributed by atoms with van der Waals surface area (Å²) in [6.45, 7) is 4.01. The lowest BCUT2D eigenvalue weighted by Crippen LogP contribution is -2.40. The Balaban J connectivity index is 1.89. The first-order valence-corrected chi connectivity index (χ1v) is 7.53. The van der Waals surface area contributed by atoms with Gasteiger partial charge in [0, 0.05) is 30.4 Å². The first-order chi connectivity index (χ1) is 9.69. The zero-order valence-corrected chi connectivity index (χ0v) is 12.5. The summed E-state index contributed by atoms with van der Waals surface area (Å²) in [6.07, 6.45) is 4.40. The fraction of sp³-hybridized carbons (Fsp3) is 0.562. The number of nitrogens with one attached hydrogen (secondary N) is 2. The Morgan fingerprint density at radius 3 is 2.90 bits per heavy atom. The Morgan fingerprint density at radius 2 is 2.15 bits per heavy atom. The van der Waals surface area contributed by atoms with Crippen molar-refractivity contribution in [1.82, 2.24) is 4.90 Å². The van der Waals surface area contributed by atoms with Crippen molar-refractivity contribution in [3.63, 3.8) is 0 Å². The number of carbonyl (C=O) groups excluding carboxylic acids is 1. The largest absolute Gasteiger partial charge is 0.383 e. The monoisotopic (exact) mass is 275 g/mol. The lowest BCUT2D eigenvalue weighted by molar-refractivity contribution is -0.115. The van der Waals surface area contributed by atoms with Gasteiger partial charge in [-0.05, 0) is 44.6 Å². The molecule has 1 aliphatic rings. The van der Waals surface area contributed by atoms with Gasteiger partial charge in [0.25, 0.3) is 0 Å². The van der Waals surface area contributed by atoms with Crippen molar-refractivity contribution in [2.75, 3.05) is 30.8 Å². The van der Waals surface area contributed by atoms with Gasteiger partial charge in [0.15, 0.2) is 0 Å². The van der Waals surface area contributed by atoms with Crippen LogP contribution in [0.4, 0.5) is 11.4 Å². The van der Waals surface area contributed by atoms with E-state index in [2.05, 4.69) is 22.6 Å². The smallest absolute Gasteiger partial charge is 0.224 e. The summed E-state index contributed by atoms with van der Waals surface area (Å²) < 4.78 is 0. The van der Waals surface area contributed by atoms with E-state index in [0.717, 1.165) is 17.9 Å². The maximum atomic E-state index is 11.4. The number of hydrogen-bond donors (Lipinski definition) is 2. The molecule has 1 aromatic rings. The van der Waals surface area contributed by atoms with E-state index >= 15 is 0 Å². The van der Waals surface area contributed by atoms with Crippen LogP contribution in [0, 0.1) is 0 Å². The molecule has 1 aromatic carbocycles. The molecule has 4 nitrogen and oxygen atoms in total. The van der Waals surface area contributed by atoms with Gasteiger partial charge in [-0.3, -0.25) is 4.79 Å². The third-order valence-electron chi connectivity index (χ3n) is 3.93. The van der Waals surface area contributed by atoms with E-state index in [-0.39, 0.29) is 5.91 Å². The van der Waals surface area contributed by atoms with E-state index < -0.39 is 0 Å². The van der Waals surface area contributed by atoms with Crippen LogP contribution >= 0.6 is 0 Å². The molecule has 20 heavy (non-hydrogen) atoms. The average Bonchev–Trinajstić information content (AvgIpc) is 2.47. The van der Waals surface area contributed by atoms with Crippen molar-refractivity contribution in [2.24, 2.45) is 0 Å². The Kier molecular flexibility index (Phi) is 5.41. The van der Waals surface area contributed by atoms with Crippen LogP contribution in [-0.4, -0.2) is 37.0 Å². The predicted molar refractivity (Wildman–Crippen MR) is 84.1 cm³/mol. The van der Waals surface area contributed by atoms with Crippen molar-refractivity contribution >= 4 is 17.3 Å². The number of likely N-dealkylation sites (tertiary alicyclic amines) is 1. The van der Waals surface area contributed by atoms with Crippen LogP contribution in [0.5, 0.6) is 0 Å². The number of hydrogen-bond acceptors (Lipinski definition) is 3. The van der Waals surface area contributed by atoms with Gasteiger partial charge in [0.05, 0.1) is 0 Å². The molecule has 1 fully saturated rings. The molecule has 0 aliphatic carbocycles. The summed E-state index contributed by atoms with van der Waals surface area (Å²) in [5, 5.41) is 6.37. The van der Waals surface area contributed by atoms with Gasteiger partial charge in [-0.1, -0.05) is 19.4 Å². The molecule has 4 heteroatoms. The van der Waals surface area contributed by atoms with E-state index in [4.69, 9.17) is 0 Å². The molecular formula is C16H25N3O. The molecule has 0 spiro atoms. The number of anilines is 2. The molecule has 0 saturated carbocycles. The van der Waals surface area contributed by atoms with Gasteiger partial charge in [0.1, 0.15) is 0 Å². The molecule has 0 radical (unpaired) electrons. The lowest BCUT2D eigenvalue weighted by atomic mass is 10.0. The first-order valence-electron chi connectivity index (χ1n) is 7.53. The minimum Gasteiger partial charge on any atom is -0.383 e. The summed E-state index contributed by atoms with van der Waals surface area (Å²) in [5.41, 5.74) is 1.93. The summed E-state index contributed by atoms with van der Waals surface area (Å²) in [6, 6.07) is 8.54. The third-order valence-corrected chi connectivity index (χ3v) is 3.93. The molecule has 1 saturated heterocycles. The molecule has 1 aliphatic heterocycles. The molecule has 1 unspecified atom stereocenters. The van der Waals surface area contributed by atoms with E-state index in [0.29, 0.717) is 12.5 Å². The number of rotatable bonds is 5. The molecule has 1 heterocycles. The summed E-state index contributed by atoms with van der Waals surface area (Å²) in [7, 11) is 2.20. The number of benzene rings is 1. The van der Waals surface area contributed by atoms with E-state index in [1.54, 1.807) is 0 Å². The van der Waals surface area contributed by atoms with Gasteiger partial charge in [-0.2, -0.15) is 0 Å². The van der Waals surface area contributed by atoms with Crippen molar-refractivity contribution in [3.8, 4) is 0 Å². The quantitative estimate of drug-likeness (QED) is 0.868. The summed E-state index contributed by atoms with van der Waals surface area (Å²) in [5.74, 6) is 0.0502. The van der Waals surface area contributed by atoms with E-state index in [1.807, 2.05) is 31.2 Å². The summed E-state index contributed by atoms with van der Waals surface area (Å²) >= 11 is 0. The zero-order chi connectivity index (χ0) is 14.4. The molecule has 1 atom stereocenters. The maximum Gasteiger partial charge on any atom is 0.224 e. The fourth-order valence-corrected chi connectivity index (χ4v) is 2.59. The third kappa shape index (κ3) is 4.23. The van der Waals surface area contributed by atoms with E-state index in [9.17, 15) is 4.79 Å². The minimum atomic E-state index is 0.0502. The normalized spacial score (nSPS) is 19.6. The van der Waals surface area contributed by atoms with Crippen LogP contribution in [0.15, 0.2) is 24.3 Å². The van der Waals surface area contributed by atoms with Gasteiger partial charge in [-0.25, -0.2) is 0 Å². The highest BCUT2D eigenvalue weighted by Crippen LogP contribution is 2.18. The Labute approximate surface area is 121 Å². The van der Waals surface area contributed by atoms with Crippen LogP contribution in [0.3, 0.4) is 0 Å². The number of likely N-dealkylation sites (N-methyl/N-ethyl adjacent to an activating group) is 1. The standard InChI is InChI=1S/C16H25N3O/c1-3-16(20)18-14-8-6-7-13(11-14)17-12-15-9-4-5-10-19(15)2/h6-8,11,15,17H,3-5,9-10,12H2,1-2H3,(H,18,20). The number of amides is 1. The van der Waals surface area contributed by atoms with Gasteiger partial charge in [-0.15, -0.1) is 0 Å². The highest BCUT2D eigenvalue weighted by atomic mass is 16.1. The van der Waals surface area contributed by atoms with Crippen LogP contribution < -0.4 is 10.6 Å². The van der Waals surface area contributed by atoms with Crippen LogP contribution in [0.2, 0.25) is 0 Å². The molecule has 110 valence electrons. The highest BCUT2D eigenvalue weighted by molar-refractivity contribution is 5.90. The van der Waals surface area contributed by atoms with Crippen molar-refractivity contribution in [1.29, 1.82) is 0 Å². The molecule has 0 aromatic heterocycles. The second-order valence-corrected chi connectivity index (χ2v) is 5.49. The lowest BCUT2D eigenvalue weighted by Gasteiger charge is -2.32. The highest BCUT2D eigenvalue weighted by Gasteiger charge is 2.18. The molecular weight excluding hydrogens is 250 g/mol. The Morgan fingerprint density at radius 1 is 1.35 bits per heavy atom. The minimum absolute atomic E-state index is 0.0502.